The Morgan fingerprint density at radius 3 is 2.94 bits per heavy atom. The number of rotatable bonds is 2. The number of methoxy groups -OCH3 is 1. The normalized spacial score (nSPS) is 19.2. The van der Waals surface area contributed by atoms with Gasteiger partial charge >= 0.3 is 5.97 Å². The lowest BCUT2D eigenvalue weighted by Gasteiger charge is -2.18. The molecule has 6 heteroatoms. The Morgan fingerprint density at radius 1 is 1.61 bits per heavy atom. The molecular weight excluding hydrogens is 300 g/mol. The number of aryl methyl sites for hydroxylation is 1. The van der Waals surface area contributed by atoms with Gasteiger partial charge < -0.3 is 9.64 Å². The van der Waals surface area contributed by atoms with E-state index in [9.17, 15) is 9.59 Å². The third kappa shape index (κ3) is 2.38. The summed E-state index contributed by atoms with van der Waals surface area (Å²) in [6, 6.07) is 1.84. The summed E-state index contributed by atoms with van der Waals surface area (Å²) < 4.78 is 5.40. The van der Waals surface area contributed by atoms with Crippen LogP contribution in [0.2, 0.25) is 0 Å². The van der Waals surface area contributed by atoms with E-state index in [-0.39, 0.29) is 24.2 Å². The number of pyridine rings is 1. The number of aromatic nitrogens is 1. The summed E-state index contributed by atoms with van der Waals surface area (Å²) in [5.74, 6) is -0.795. The van der Waals surface area contributed by atoms with Gasteiger partial charge in [0.15, 0.2) is 0 Å². The topological polar surface area (TPSA) is 59.5 Å². The molecule has 0 radical (unpaired) electrons. The van der Waals surface area contributed by atoms with Crippen molar-refractivity contribution < 1.29 is 14.3 Å². The first kappa shape index (κ1) is 13.0. The van der Waals surface area contributed by atoms with E-state index in [2.05, 4.69) is 25.7 Å². The van der Waals surface area contributed by atoms with Gasteiger partial charge in [-0.1, -0.05) is 0 Å². The number of esters is 1. The molecule has 2 rings (SSSR count). The van der Waals surface area contributed by atoms with E-state index < -0.39 is 0 Å². The molecule has 5 nitrogen and oxygen atoms in total. The summed E-state index contributed by atoms with van der Waals surface area (Å²) in [5.41, 5.74) is 1.69. The van der Waals surface area contributed by atoms with Gasteiger partial charge in [0.05, 0.1) is 24.9 Å². The number of hydrogen-bond acceptors (Lipinski definition) is 4. The maximum Gasteiger partial charge on any atom is 0.311 e. The van der Waals surface area contributed by atoms with Crippen LogP contribution in [-0.2, 0) is 14.3 Å². The maximum atomic E-state index is 11.9. The highest BCUT2D eigenvalue weighted by molar-refractivity contribution is 9.10. The molecule has 0 aromatic carbocycles. The molecule has 0 bridgehead atoms. The van der Waals surface area contributed by atoms with Gasteiger partial charge in [-0.2, -0.15) is 0 Å². The third-order valence-electron chi connectivity index (χ3n) is 3.00. The lowest BCUT2D eigenvalue weighted by Crippen LogP contribution is -2.27. The number of carbonyl (C=O) groups excluding carboxylic acids is 2. The van der Waals surface area contributed by atoms with Gasteiger partial charge in [0, 0.05) is 13.0 Å². The van der Waals surface area contributed by atoms with Gasteiger partial charge in [-0.3, -0.25) is 9.59 Å². The highest BCUT2D eigenvalue weighted by Gasteiger charge is 2.36. The molecule has 18 heavy (non-hydrogen) atoms. The molecule has 0 saturated carbocycles. The number of ether oxygens (including phenoxy) is 1. The average molecular weight is 313 g/mol. The van der Waals surface area contributed by atoms with Gasteiger partial charge in [0.2, 0.25) is 5.91 Å². The summed E-state index contributed by atoms with van der Waals surface area (Å²) in [7, 11) is 1.34. The molecule has 1 amide bonds. The summed E-state index contributed by atoms with van der Waals surface area (Å²) in [6.45, 7) is 2.26. The summed E-state index contributed by atoms with van der Waals surface area (Å²) in [5, 5.41) is 0. The van der Waals surface area contributed by atoms with E-state index >= 15 is 0 Å². The first-order valence-corrected chi connectivity index (χ1v) is 6.32. The molecule has 2 heterocycles. The van der Waals surface area contributed by atoms with Gasteiger partial charge in [-0.05, 0) is 34.5 Å². The van der Waals surface area contributed by atoms with Crippen LogP contribution in [-0.4, -0.2) is 30.5 Å². The zero-order chi connectivity index (χ0) is 13.3. The first-order valence-electron chi connectivity index (χ1n) is 5.53. The molecule has 1 atom stereocenters. The Labute approximate surface area is 113 Å². The van der Waals surface area contributed by atoms with Crippen molar-refractivity contribution in [3.8, 4) is 0 Å². The predicted octanol–water partition coefficient (Wildman–Crippen LogP) is 1.68. The largest absolute Gasteiger partial charge is 0.469 e. The Morgan fingerprint density at radius 2 is 2.33 bits per heavy atom. The van der Waals surface area contributed by atoms with Crippen molar-refractivity contribution in [2.45, 2.75) is 13.3 Å². The Bertz CT molecular complexity index is 504. The Balaban J connectivity index is 2.24. The first-order chi connectivity index (χ1) is 8.52. The summed E-state index contributed by atoms with van der Waals surface area (Å²) in [4.78, 5) is 29.1. The zero-order valence-corrected chi connectivity index (χ0v) is 11.7. The molecular formula is C12H13BrN2O3. The third-order valence-corrected chi connectivity index (χ3v) is 3.43. The predicted molar refractivity (Wildman–Crippen MR) is 69.2 cm³/mol. The molecule has 0 spiro atoms. The molecule has 1 unspecified atom stereocenters. The zero-order valence-electron chi connectivity index (χ0n) is 10.1. The van der Waals surface area contributed by atoms with Crippen LogP contribution in [0.15, 0.2) is 16.9 Å². The van der Waals surface area contributed by atoms with Gasteiger partial charge in [-0.15, -0.1) is 0 Å². The van der Waals surface area contributed by atoms with E-state index in [4.69, 9.17) is 0 Å². The van der Waals surface area contributed by atoms with Crippen LogP contribution in [0.25, 0.3) is 0 Å². The second-order valence-corrected chi connectivity index (χ2v) is 5.03. The van der Waals surface area contributed by atoms with Crippen LogP contribution >= 0.6 is 15.9 Å². The molecule has 1 aromatic rings. The van der Waals surface area contributed by atoms with Crippen molar-refractivity contribution in [1.29, 1.82) is 0 Å². The van der Waals surface area contributed by atoms with Crippen molar-refractivity contribution in [2.75, 3.05) is 18.6 Å². The fourth-order valence-corrected chi connectivity index (χ4v) is 2.51. The minimum absolute atomic E-state index is 0.0716. The molecule has 1 aliphatic heterocycles. The van der Waals surface area contributed by atoms with Crippen molar-refractivity contribution in [3.63, 3.8) is 0 Å². The van der Waals surface area contributed by atoms with E-state index in [1.54, 1.807) is 11.1 Å². The van der Waals surface area contributed by atoms with Crippen molar-refractivity contribution in [1.82, 2.24) is 4.98 Å². The molecule has 1 saturated heterocycles. The fourth-order valence-electron chi connectivity index (χ4n) is 2.06. The second-order valence-electron chi connectivity index (χ2n) is 4.22. The lowest BCUT2D eigenvalue weighted by atomic mass is 10.1. The molecule has 1 aliphatic rings. The van der Waals surface area contributed by atoms with Gasteiger partial charge in [0.25, 0.3) is 0 Å². The molecule has 1 aromatic heterocycles. The quantitative estimate of drug-likeness (QED) is 0.616. The number of hydrogen-bond donors (Lipinski definition) is 0. The molecule has 0 aliphatic carbocycles. The van der Waals surface area contributed by atoms with Crippen molar-refractivity contribution in [3.05, 3.63) is 22.4 Å². The summed E-state index contributed by atoms with van der Waals surface area (Å²) in [6.07, 6.45) is 1.83. The van der Waals surface area contributed by atoms with Gasteiger partial charge in [-0.25, -0.2) is 4.98 Å². The second kappa shape index (κ2) is 5.06. The van der Waals surface area contributed by atoms with E-state index in [0.717, 1.165) is 15.9 Å². The number of amides is 1. The van der Waals surface area contributed by atoms with Crippen LogP contribution < -0.4 is 4.90 Å². The average Bonchev–Trinajstić information content (AvgIpc) is 2.70. The van der Waals surface area contributed by atoms with E-state index in [0.29, 0.717) is 6.54 Å². The molecule has 0 N–H and O–H groups in total. The molecule has 1 fully saturated rings. The van der Waals surface area contributed by atoms with Gasteiger partial charge in [0.1, 0.15) is 4.60 Å². The van der Waals surface area contributed by atoms with E-state index in [1.165, 1.54) is 7.11 Å². The van der Waals surface area contributed by atoms with Crippen LogP contribution in [0, 0.1) is 12.8 Å². The summed E-state index contributed by atoms with van der Waals surface area (Å²) >= 11 is 3.28. The lowest BCUT2D eigenvalue weighted by molar-refractivity contribution is -0.145. The van der Waals surface area contributed by atoms with Crippen molar-refractivity contribution >= 4 is 33.5 Å². The van der Waals surface area contributed by atoms with Crippen molar-refractivity contribution in [2.24, 2.45) is 5.92 Å². The number of halogens is 1. The SMILES string of the molecule is COC(=O)C1CC(=O)N(c2cnc(Br)cc2C)C1. The van der Waals surface area contributed by atoms with Crippen LogP contribution in [0.1, 0.15) is 12.0 Å². The van der Waals surface area contributed by atoms with Crippen LogP contribution in [0.5, 0.6) is 0 Å². The maximum absolute atomic E-state index is 11.9. The number of nitrogens with zero attached hydrogens (tertiary/aromatic N) is 2. The van der Waals surface area contributed by atoms with E-state index in [1.807, 2.05) is 13.0 Å². The molecule has 96 valence electrons. The smallest absolute Gasteiger partial charge is 0.311 e. The number of carbonyl (C=O) groups is 2. The fraction of sp³-hybridized carbons (Fsp3) is 0.417. The minimum atomic E-state index is -0.384. The Kier molecular flexibility index (Phi) is 3.65. The highest BCUT2D eigenvalue weighted by atomic mass is 79.9. The minimum Gasteiger partial charge on any atom is -0.469 e. The standard InChI is InChI=1S/C12H13BrN2O3/c1-7-3-10(13)14-5-9(7)15-6-8(4-11(15)16)12(17)18-2/h3,5,8H,4,6H2,1-2H3. The monoisotopic (exact) mass is 312 g/mol. The van der Waals surface area contributed by atoms with Crippen LogP contribution in [0.4, 0.5) is 5.69 Å². The number of anilines is 1. The van der Waals surface area contributed by atoms with Crippen LogP contribution in [0.3, 0.4) is 0 Å². The highest BCUT2D eigenvalue weighted by Crippen LogP contribution is 2.28. The Hall–Kier alpha value is -1.43.